The third-order valence-corrected chi connectivity index (χ3v) is 3.51. The minimum atomic E-state index is 0.544. The van der Waals surface area contributed by atoms with Gasteiger partial charge in [0.15, 0.2) is 4.96 Å². The minimum absolute atomic E-state index is 0.544. The van der Waals surface area contributed by atoms with Crippen molar-refractivity contribution in [3.05, 3.63) is 22.5 Å². The summed E-state index contributed by atoms with van der Waals surface area (Å²) < 4.78 is 2.27. The molecular weight excluding hydrogens is 180 g/mol. The van der Waals surface area contributed by atoms with E-state index in [9.17, 15) is 0 Å². The zero-order valence-corrected chi connectivity index (χ0v) is 9.27. The van der Waals surface area contributed by atoms with E-state index in [2.05, 4.69) is 37.1 Å². The van der Waals surface area contributed by atoms with E-state index in [1.54, 1.807) is 11.3 Å². The lowest BCUT2D eigenvalue weighted by molar-refractivity contribution is 0.801. The quantitative estimate of drug-likeness (QED) is 0.681. The molecule has 0 aliphatic rings. The summed E-state index contributed by atoms with van der Waals surface area (Å²) in [6.07, 6.45) is 1.99. The van der Waals surface area contributed by atoms with Crippen molar-refractivity contribution in [2.45, 2.75) is 33.6 Å². The summed E-state index contributed by atoms with van der Waals surface area (Å²) >= 11 is 1.77. The first-order chi connectivity index (χ1) is 6.11. The van der Waals surface area contributed by atoms with Gasteiger partial charge in [0.25, 0.3) is 0 Å². The SMILES string of the molecule is Cc1sc2ncc(C(C)C)n2c1C. The number of hydrogen-bond acceptors (Lipinski definition) is 2. The second-order valence-corrected chi connectivity index (χ2v) is 4.88. The summed E-state index contributed by atoms with van der Waals surface area (Å²) in [4.78, 5) is 6.89. The van der Waals surface area contributed by atoms with Gasteiger partial charge < -0.3 is 0 Å². The van der Waals surface area contributed by atoms with Crippen LogP contribution >= 0.6 is 11.3 Å². The van der Waals surface area contributed by atoms with Crippen molar-refractivity contribution in [3.63, 3.8) is 0 Å². The Morgan fingerprint density at radius 3 is 2.69 bits per heavy atom. The molecule has 0 unspecified atom stereocenters. The van der Waals surface area contributed by atoms with Gasteiger partial charge >= 0.3 is 0 Å². The van der Waals surface area contributed by atoms with Crippen LogP contribution in [-0.2, 0) is 0 Å². The number of rotatable bonds is 1. The predicted molar refractivity (Wildman–Crippen MR) is 56.6 cm³/mol. The average molecular weight is 194 g/mol. The van der Waals surface area contributed by atoms with Crippen molar-refractivity contribution in [2.24, 2.45) is 0 Å². The van der Waals surface area contributed by atoms with Gasteiger partial charge in [-0.25, -0.2) is 4.98 Å². The van der Waals surface area contributed by atoms with Crippen LogP contribution in [0.3, 0.4) is 0 Å². The predicted octanol–water partition coefficient (Wildman–Crippen LogP) is 3.14. The van der Waals surface area contributed by atoms with Gasteiger partial charge in [-0.05, 0) is 19.8 Å². The number of imidazole rings is 1. The molecule has 2 rings (SSSR count). The van der Waals surface area contributed by atoms with E-state index in [4.69, 9.17) is 0 Å². The second-order valence-electron chi connectivity index (χ2n) is 3.70. The van der Waals surface area contributed by atoms with Crippen LogP contribution < -0.4 is 0 Å². The van der Waals surface area contributed by atoms with E-state index in [1.165, 1.54) is 16.3 Å². The van der Waals surface area contributed by atoms with Gasteiger partial charge in [-0.1, -0.05) is 13.8 Å². The first-order valence-electron chi connectivity index (χ1n) is 4.54. The number of nitrogens with zero attached hydrogens (tertiary/aromatic N) is 2. The van der Waals surface area contributed by atoms with Crippen LogP contribution in [0.2, 0.25) is 0 Å². The molecule has 0 N–H and O–H groups in total. The molecular formula is C10H14N2S. The molecule has 2 aromatic rings. The molecule has 13 heavy (non-hydrogen) atoms. The van der Waals surface area contributed by atoms with Crippen LogP contribution in [0.25, 0.3) is 4.96 Å². The Morgan fingerprint density at radius 2 is 2.08 bits per heavy atom. The number of fused-ring (bicyclic) bond motifs is 1. The maximum absolute atomic E-state index is 4.40. The lowest BCUT2D eigenvalue weighted by Gasteiger charge is -2.03. The average Bonchev–Trinajstić information content (AvgIpc) is 2.55. The minimum Gasteiger partial charge on any atom is -0.291 e. The van der Waals surface area contributed by atoms with Crippen molar-refractivity contribution in [3.8, 4) is 0 Å². The highest BCUT2D eigenvalue weighted by molar-refractivity contribution is 7.17. The zero-order chi connectivity index (χ0) is 9.59. The van der Waals surface area contributed by atoms with Gasteiger partial charge in [-0.15, -0.1) is 11.3 Å². The summed E-state index contributed by atoms with van der Waals surface area (Å²) in [7, 11) is 0. The van der Waals surface area contributed by atoms with Gasteiger partial charge in [0, 0.05) is 16.3 Å². The molecule has 0 spiro atoms. The molecule has 3 heteroatoms. The van der Waals surface area contributed by atoms with Gasteiger partial charge in [0.05, 0.1) is 6.20 Å². The Balaban J connectivity index is 2.78. The van der Waals surface area contributed by atoms with Crippen LogP contribution in [0.4, 0.5) is 0 Å². The van der Waals surface area contributed by atoms with Crippen LogP contribution in [-0.4, -0.2) is 9.38 Å². The molecule has 2 nitrogen and oxygen atoms in total. The Morgan fingerprint density at radius 1 is 1.38 bits per heavy atom. The molecule has 0 amide bonds. The standard InChI is InChI=1S/C10H14N2S/c1-6(2)9-5-11-10-12(9)7(3)8(4)13-10/h5-6H,1-4H3. The van der Waals surface area contributed by atoms with Crippen molar-refractivity contribution < 1.29 is 0 Å². The fraction of sp³-hybridized carbons (Fsp3) is 0.500. The van der Waals surface area contributed by atoms with Crippen LogP contribution in [0, 0.1) is 13.8 Å². The second kappa shape index (κ2) is 2.84. The molecule has 0 aromatic carbocycles. The first-order valence-corrected chi connectivity index (χ1v) is 5.36. The molecule has 0 saturated carbocycles. The molecule has 0 saturated heterocycles. The zero-order valence-electron chi connectivity index (χ0n) is 8.46. The lowest BCUT2D eigenvalue weighted by Crippen LogP contribution is -1.95. The summed E-state index contributed by atoms with van der Waals surface area (Å²) in [5, 5.41) is 0. The topological polar surface area (TPSA) is 17.3 Å². The third kappa shape index (κ3) is 1.18. The van der Waals surface area contributed by atoms with E-state index < -0.39 is 0 Å². The fourth-order valence-corrected chi connectivity index (χ4v) is 2.48. The fourth-order valence-electron chi connectivity index (χ4n) is 1.53. The first kappa shape index (κ1) is 8.75. The maximum Gasteiger partial charge on any atom is 0.194 e. The maximum atomic E-state index is 4.40. The number of aryl methyl sites for hydroxylation is 2. The van der Waals surface area contributed by atoms with Gasteiger partial charge in [0.1, 0.15) is 0 Å². The lowest BCUT2D eigenvalue weighted by atomic mass is 10.1. The molecule has 0 radical (unpaired) electrons. The summed E-state index contributed by atoms with van der Waals surface area (Å²) in [6, 6.07) is 0. The highest BCUT2D eigenvalue weighted by Gasteiger charge is 2.12. The van der Waals surface area contributed by atoms with E-state index in [0.29, 0.717) is 5.92 Å². The molecule has 70 valence electrons. The van der Waals surface area contributed by atoms with Crippen LogP contribution in [0.15, 0.2) is 6.20 Å². The number of thiazole rings is 1. The summed E-state index contributed by atoms with van der Waals surface area (Å²) in [5.74, 6) is 0.544. The smallest absolute Gasteiger partial charge is 0.194 e. The molecule has 0 aliphatic carbocycles. The van der Waals surface area contributed by atoms with Crippen molar-refractivity contribution in [2.75, 3.05) is 0 Å². The molecule has 0 aliphatic heterocycles. The van der Waals surface area contributed by atoms with E-state index in [0.717, 1.165) is 4.96 Å². The highest BCUT2D eigenvalue weighted by Crippen LogP contribution is 2.25. The number of hydrogen-bond donors (Lipinski definition) is 0. The Labute approximate surface area is 82.2 Å². The molecule has 2 aromatic heterocycles. The summed E-state index contributed by atoms with van der Waals surface area (Å²) in [5.41, 5.74) is 2.65. The highest BCUT2D eigenvalue weighted by atomic mass is 32.1. The van der Waals surface area contributed by atoms with E-state index in [1.807, 2.05) is 6.20 Å². The van der Waals surface area contributed by atoms with E-state index in [-0.39, 0.29) is 0 Å². The monoisotopic (exact) mass is 194 g/mol. The molecule has 0 atom stereocenters. The van der Waals surface area contributed by atoms with Gasteiger partial charge in [0.2, 0.25) is 0 Å². The third-order valence-electron chi connectivity index (χ3n) is 2.44. The van der Waals surface area contributed by atoms with Gasteiger partial charge in [-0.2, -0.15) is 0 Å². The van der Waals surface area contributed by atoms with E-state index >= 15 is 0 Å². The van der Waals surface area contributed by atoms with Gasteiger partial charge in [-0.3, -0.25) is 4.40 Å². The Kier molecular flexibility index (Phi) is 1.91. The molecule has 2 heterocycles. The Bertz CT molecular complexity index is 437. The van der Waals surface area contributed by atoms with Crippen molar-refractivity contribution in [1.29, 1.82) is 0 Å². The molecule has 0 bridgehead atoms. The van der Waals surface area contributed by atoms with Crippen LogP contribution in [0.5, 0.6) is 0 Å². The largest absolute Gasteiger partial charge is 0.291 e. The number of aromatic nitrogens is 2. The normalized spacial score (nSPS) is 11.8. The summed E-state index contributed by atoms with van der Waals surface area (Å²) in [6.45, 7) is 8.72. The van der Waals surface area contributed by atoms with Crippen molar-refractivity contribution >= 4 is 16.3 Å². The molecule has 0 fully saturated rings. The Hall–Kier alpha value is -0.830. The van der Waals surface area contributed by atoms with Crippen LogP contribution in [0.1, 0.15) is 36.0 Å². The van der Waals surface area contributed by atoms with Crippen molar-refractivity contribution in [1.82, 2.24) is 9.38 Å².